The molecule has 1 rings (SSSR count). The highest BCUT2D eigenvalue weighted by atomic mass is 16.3. The van der Waals surface area contributed by atoms with E-state index in [1.807, 2.05) is 5.32 Å². The molecule has 0 radical (unpaired) electrons. The summed E-state index contributed by atoms with van der Waals surface area (Å²) >= 11 is 0. The van der Waals surface area contributed by atoms with Gasteiger partial charge in [0.2, 0.25) is 5.91 Å². The Bertz CT molecular complexity index is 180. The zero-order valence-corrected chi connectivity index (χ0v) is 5.42. The average Bonchev–Trinajstić information content (AvgIpc) is 1.82. The van der Waals surface area contributed by atoms with E-state index in [1.54, 1.807) is 0 Å². The summed E-state index contributed by atoms with van der Waals surface area (Å²) in [6.07, 6.45) is -1.05. The number of amides is 3. The van der Waals surface area contributed by atoms with E-state index in [0.29, 0.717) is 0 Å². The smallest absolute Gasteiger partial charge is 0.323 e. The summed E-state index contributed by atoms with van der Waals surface area (Å²) in [5, 5.41) is 13.1. The predicted octanol–water partition coefficient (Wildman–Crippen LogP) is -1.22. The lowest BCUT2D eigenvalue weighted by Crippen LogP contribution is -2.57. The molecule has 5 heteroatoms. The van der Waals surface area contributed by atoms with Crippen molar-refractivity contribution in [2.24, 2.45) is 5.92 Å². The van der Waals surface area contributed by atoms with Crippen LogP contribution in [-0.2, 0) is 4.79 Å². The molecule has 56 valence electrons. The van der Waals surface area contributed by atoms with Crippen LogP contribution in [0.2, 0.25) is 0 Å². The lowest BCUT2D eigenvalue weighted by atomic mass is 10.1. The van der Waals surface area contributed by atoms with Crippen LogP contribution in [0.5, 0.6) is 0 Å². The first-order chi connectivity index (χ1) is 4.61. The van der Waals surface area contributed by atoms with Crippen LogP contribution in [0.3, 0.4) is 0 Å². The van der Waals surface area contributed by atoms with E-state index in [9.17, 15) is 9.59 Å². The maximum atomic E-state index is 10.7. The number of aliphatic hydroxyl groups is 1. The highest BCUT2D eigenvalue weighted by Gasteiger charge is 2.29. The Hall–Kier alpha value is -1.10. The number of aliphatic hydroxyl groups excluding tert-OH is 1. The van der Waals surface area contributed by atoms with Crippen molar-refractivity contribution >= 4 is 11.9 Å². The summed E-state index contributed by atoms with van der Waals surface area (Å²) in [5.74, 6) is -1.02. The van der Waals surface area contributed by atoms with Crippen LogP contribution in [0.4, 0.5) is 4.79 Å². The van der Waals surface area contributed by atoms with E-state index in [2.05, 4.69) is 5.32 Å². The molecule has 0 saturated carbocycles. The molecule has 0 aliphatic carbocycles. The van der Waals surface area contributed by atoms with Crippen LogP contribution in [0.1, 0.15) is 6.92 Å². The minimum Gasteiger partial charge on any atom is -0.373 e. The Labute approximate surface area is 57.4 Å². The minimum atomic E-state index is -1.05. The second-order valence-electron chi connectivity index (χ2n) is 2.20. The molecule has 3 amide bonds. The molecule has 3 N–H and O–H groups in total. The van der Waals surface area contributed by atoms with E-state index in [-0.39, 0.29) is 0 Å². The van der Waals surface area contributed by atoms with Crippen LogP contribution in [0.25, 0.3) is 0 Å². The molecule has 1 fully saturated rings. The fourth-order valence-electron chi connectivity index (χ4n) is 0.665. The molecule has 2 atom stereocenters. The third kappa shape index (κ3) is 1.08. The second kappa shape index (κ2) is 2.26. The number of urea groups is 1. The van der Waals surface area contributed by atoms with E-state index in [1.165, 1.54) is 6.92 Å². The first kappa shape index (κ1) is 7.01. The molecule has 0 aromatic heterocycles. The van der Waals surface area contributed by atoms with E-state index in [4.69, 9.17) is 5.11 Å². The SMILES string of the molecule is C[C@@H]1C(=O)NC(=O)N[C@H]1O. The molecule has 1 aliphatic rings. The summed E-state index contributed by atoms with van der Waals surface area (Å²) in [4.78, 5) is 21.1. The number of imide groups is 1. The van der Waals surface area contributed by atoms with Gasteiger partial charge in [-0.2, -0.15) is 0 Å². The number of carbonyl (C=O) groups is 2. The van der Waals surface area contributed by atoms with Crippen LogP contribution < -0.4 is 10.6 Å². The van der Waals surface area contributed by atoms with Gasteiger partial charge in [0.05, 0.1) is 5.92 Å². The quantitative estimate of drug-likeness (QED) is 0.398. The van der Waals surface area contributed by atoms with Crippen molar-refractivity contribution in [3.05, 3.63) is 0 Å². The Kier molecular flexibility index (Phi) is 1.58. The minimum absolute atomic E-state index is 0.448. The average molecular weight is 144 g/mol. The fourth-order valence-corrected chi connectivity index (χ4v) is 0.665. The van der Waals surface area contributed by atoms with Gasteiger partial charge in [-0.25, -0.2) is 4.79 Å². The number of hydrogen-bond donors (Lipinski definition) is 3. The third-order valence-electron chi connectivity index (χ3n) is 1.40. The molecule has 5 nitrogen and oxygen atoms in total. The van der Waals surface area contributed by atoms with Crippen LogP contribution in [-0.4, -0.2) is 23.3 Å². The molecule has 0 unspecified atom stereocenters. The van der Waals surface area contributed by atoms with Gasteiger partial charge in [0, 0.05) is 0 Å². The van der Waals surface area contributed by atoms with Gasteiger partial charge >= 0.3 is 6.03 Å². The van der Waals surface area contributed by atoms with Crippen LogP contribution >= 0.6 is 0 Å². The Morgan fingerprint density at radius 3 is 2.60 bits per heavy atom. The summed E-state index contributed by atoms with van der Waals surface area (Å²) in [6.45, 7) is 1.53. The number of nitrogens with one attached hydrogen (secondary N) is 2. The molecule has 1 saturated heterocycles. The fraction of sp³-hybridized carbons (Fsp3) is 0.600. The number of rotatable bonds is 0. The van der Waals surface area contributed by atoms with Crippen molar-refractivity contribution in [3.8, 4) is 0 Å². The van der Waals surface area contributed by atoms with Gasteiger partial charge in [-0.3, -0.25) is 10.1 Å². The van der Waals surface area contributed by atoms with Gasteiger partial charge in [-0.05, 0) is 6.92 Å². The maximum Gasteiger partial charge on any atom is 0.323 e. The van der Waals surface area contributed by atoms with Gasteiger partial charge < -0.3 is 10.4 Å². The highest BCUT2D eigenvalue weighted by Crippen LogP contribution is 2.03. The van der Waals surface area contributed by atoms with Gasteiger partial charge in [-0.15, -0.1) is 0 Å². The summed E-state index contributed by atoms with van der Waals surface area (Å²) in [6, 6.07) is -0.643. The lowest BCUT2D eigenvalue weighted by molar-refractivity contribution is -0.128. The van der Waals surface area contributed by atoms with Gasteiger partial charge in [-0.1, -0.05) is 0 Å². The van der Waals surface area contributed by atoms with E-state index >= 15 is 0 Å². The predicted molar refractivity (Wildman–Crippen MR) is 31.8 cm³/mol. The number of carbonyl (C=O) groups excluding carboxylic acids is 2. The molecule has 1 aliphatic heterocycles. The molecule has 0 aromatic carbocycles. The van der Waals surface area contributed by atoms with Crippen LogP contribution in [0, 0.1) is 5.92 Å². The summed E-state index contributed by atoms with van der Waals surface area (Å²) < 4.78 is 0. The zero-order valence-electron chi connectivity index (χ0n) is 5.42. The molecule has 0 spiro atoms. The van der Waals surface area contributed by atoms with Crippen molar-refractivity contribution in [1.82, 2.24) is 10.6 Å². The molecule has 10 heavy (non-hydrogen) atoms. The lowest BCUT2D eigenvalue weighted by Gasteiger charge is -2.24. The second-order valence-corrected chi connectivity index (χ2v) is 2.20. The van der Waals surface area contributed by atoms with E-state index in [0.717, 1.165) is 0 Å². The van der Waals surface area contributed by atoms with Crippen molar-refractivity contribution in [3.63, 3.8) is 0 Å². The first-order valence-corrected chi connectivity index (χ1v) is 2.90. The monoisotopic (exact) mass is 144 g/mol. The van der Waals surface area contributed by atoms with Gasteiger partial charge in [0.1, 0.15) is 6.23 Å². The standard InChI is InChI=1S/C5H8N2O3/c1-2-3(8)6-5(10)7-4(2)9/h2-3,8H,1H3,(H2,6,7,9,10)/t2-,3-/m0/s1. The highest BCUT2D eigenvalue weighted by molar-refractivity contribution is 5.98. The normalized spacial score (nSPS) is 33.0. The Morgan fingerprint density at radius 1 is 1.50 bits per heavy atom. The van der Waals surface area contributed by atoms with Crippen molar-refractivity contribution in [2.75, 3.05) is 0 Å². The Balaban J connectivity index is 2.66. The van der Waals surface area contributed by atoms with Crippen molar-refractivity contribution in [2.45, 2.75) is 13.2 Å². The van der Waals surface area contributed by atoms with E-state index < -0.39 is 24.1 Å². The third-order valence-corrected chi connectivity index (χ3v) is 1.40. The van der Waals surface area contributed by atoms with Crippen molar-refractivity contribution < 1.29 is 14.7 Å². The summed E-state index contributed by atoms with van der Waals surface area (Å²) in [7, 11) is 0. The molecule has 0 bridgehead atoms. The van der Waals surface area contributed by atoms with Gasteiger partial charge in [0.15, 0.2) is 0 Å². The summed E-state index contributed by atoms with van der Waals surface area (Å²) in [5.41, 5.74) is 0. The first-order valence-electron chi connectivity index (χ1n) is 2.90. The Morgan fingerprint density at radius 2 is 2.10 bits per heavy atom. The molecule has 0 aromatic rings. The molecule has 1 heterocycles. The molecular formula is C5H8N2O3. The van der Waals surface area contributed by atoms with Crippen molar-refractivity contribution in [1.29, 1.82) is 0 Å². The largest absolute Gasteiger partial charge is 0.373 e. The maximum absolute atomic E-state index is 10.7. The van der Waals surface area contributed by atoms with Gasteiger partial charge in [0.25, 0.3) is 0 Å². The molecular weight excluding hydrogens is 136 g/mol. The van der Waals surface area contributed by atoms with Crippen LogP contribution in [0.15, 0.2) is 0 Å². The topological polar surface area (TPSA) is 78.4 Å². The zero-order chi connectivity index (χ0) is 7.72. The number of hydrogen-bond acceptors (Lipinski definition) is 3.